The summed E-state index contributed by atoms with van der Waals surface area (Å²) in [5, 5.41) is 9.87. The molecule has 2 atom stereocenters. The second-order valence-corrected chi connectivity index (χ2v) is 5.08. The van der Waals surface area contributed by atoms with Crippen LogP contribution in [0.2, 0.25) is 0 Å². The fourth-order valence-electron chi connectivity index (χ4n) is 2.04. The monoisotopic (exact) mass is 238 g/mol. The van der Waals surface area contributed by atoms with E-state index < -0.39 is 0 Å². The predicted octanol–water partition coefficient (Wildman–Crippen LogP) is 4.72. The maximum absolute atomic E-state index is 9.87. The molecule has 1 nitrogen and oxygen atoms in total. The number of hydrogen-bond acceptors (Lipinski definition) is 1. The van der Waals surface area contributed by atoms with E-state index in [1.54, 1.807) is 0 Å². The van der Waals surface area contributed by atoms with Gasteiger partial charge in [-0.3, -0.25) is 0 Å². The molecule has 0 aromatic carbocycles. The highest BCUT2D eigenvalue weighted by molar-refractivity contribution is 5.05. The topological polar surface area (TPSA) is 20.2 Å². The zero-order valence-corrected chi connectivity index (χ0v) is 12.2. The molecule has 1 N–H and O–H groups in total. The van der Waals surface area contributed by atoms with Crippen LogP contribution in [0.25, 0.3) is 0 Å². The first-order valence-electron chi connectivity index (χ1n) is 7.02. The Morgan fingerprint density at radius 1 is 1.24 bits per heavy atom. The Balaban J connectivity index is 4.24. The first kappa shape index (κ1) is 16.4. The van der Waals surface area contributed by atoms with Crippen molar-refractivity contribution in [3.8, 4) is 0 Å². The molecule has 0 fully saturated rings. The number of allylic oxidation sites excluding steroid dienone is 3. The summed E-state index contributed by atoms with van der Waals surface area (Å²) in [6.07, 6.45) is 10.3. The molecule has 0 unspecified atom stereocenters. The third-order valence-electron chi connectivity index (χ3n) is 3.59. The fourth-order valence-corrected chi connectivity index (χ4v) is 2.04. The molecule has 0 aromatic rings. The maximum Gasteiger partial charge on any atom is 0.0580 e. The molecule has 1 heteroatoms. The molecule has 17 heavy (non-hydrogen) atoms. The van der Waals surface area contributed by atoms with Gasteiger partial charge >= 0.3 is 0 Å². The van der Waals surface area contributed by atoms with E-state index in [0.29, 0.717) is 11.8 Å². The molecule has 0 aliphatic carbocycles. The lowest BCUT2D eigenvalue weighted by Gasteiger charge is -2.18. The lowest BCUT2D eigenvalue weighted by Crippen LogP contribution is -2.12. The van der Waals surface area contributed by atoms with Gasteiger partial charge in [-0.2, -0.15) is 0 Å². The van der Waals surface area contributed by atoms with Crippen LogP contribution in [0.3, 0.4) is 0 Å². The van der Waals surface area contributed by atoms with Gasteiger partial charge in [-0.25, -0.2) is 0 Å². The van der Waals surface area contributed by atoms with Gasteiger partial charge in [0.1, 0.15) is 0 Å². The molecule has 0 radical (unpaired) electrons. The van der Waals surface area contributed by atoms with Crippen LogP contribution in [0.4, 0.5) is 0 Å². The van der Waals surface area contributed by atoms with Crippen LogP contribution in [0.5, 0.6) is 0 Å². The van der Waals surface area contributed by atoms with E-state index in [1.807, 2.05) is 19.1 Å². The minimum Gasteiger partial charge on any atom is -0.393 e. The largest absolute Gasteiger partial charge is 0.393 e. The molecule has 0 aliphatic rings. The Morgan fingerprint density at radius 3 is 2.29 bits per heavy atom. The van der Waals surface area contributed by atoms with Crippen LogP contribution in [0.15, 0.2) is 23.8 Å². The first-order valence-corrected chi connectivity index (χ1v) is 7.02. The Bertz CT molecular complexity index is 236. The van der Waals surface area contributed by atoms with Crippen molar-refractivity contribution in [2.45, 2.75) is 66.4 Å². The summed E-state index contributed by atoms with van der Waals surface area (Å²) >= 11 is 0. The van der Waals surface area contributed by atoms with Crippen molar-refractivity contribution in [3.63, 3.8) is 0 Å². The van der Waals surface area contributed by atoms with Gasteiger partial charge in [0.25, 0.3) is 0 Å². The van der Waals surface area contributed by atoms with Crippen molar-refractivity contribution in [2.24, 2.45) is 11.8 Å². The second kappa shape index (κ2) is 9.47. The fraction of sp³-hybridized carbons (Fsp3) is 0.750. The Labute approximate surface area is 108 Å². The summed E-state index contributed by atoms with van der Waals surface area (Å²) < 4.78 is 0. The van der Waals surface area contributed by atoms with Crippen molar-refractivity contribution >= 4 is 0 Å². The van der Waals surface area contributed by atoms with Gasteiger partial charge < -0.3 is 5.11 Å². The predicted molar refractivity (Wildman–Crippen MR) is 77.0 cm³/mol. The Hall–Kier alpha value is -0.560. The maximum atomic E-state index is 9.87. The summed E-state index contributed by atoms with van der Waals surface area (Å²) in [5.41, 5.74) is 1.43. The Morgan fingerprint density at radius 2 is 1.82 bits per heavy atom. The van der Waals surface area contributed by atoms with Crippen LogP contribution in [-0.2, 0) is 0 Å². The SMILES string of the molecule is C/C=C\C[C@H](O)C[C@H](C)/C(C)=C\C(CC)CC. The van der Waals surface area contributed by atoms with E-state index in [0.717, 1.165) is 12.8 Å². The summed E-state index contributed by atoms with van der Waals surface area (Å²) in [6.45, 7) is 10.9. The van der Waals surface area contributed by atoms with Crippen molar-refractivity contribution in [3.05, 3.63) is 23.8 Å². The van der Waals surface area contributed by atoms with Gasteiger partial charge in [0.2, 0.25) is 0 Å². The number of rotatable bonds is 8. The first-order chi connectivity index (χ1) is 8.04. The van der Waals surface area contributed by atoms with Gasteiger partial charge in [-0.15, -0.1) is 0 Å². The number of aliphatic hydroxyl groups excluding tert-OH is 1. The van der Waals surface area contributed by atoms with Gasteiger partial charge in [0.05, 0.1) is 6.10 Å². The normalized spacial score (nSPS) is 16.8. The molecule has 0 aliphatic heterocycles. The molecule has 0 saturated carbocycles. The molecule has 0 amide bonds. The molecular formula is C16H30O. The smallest absolute Gasteiger partial charge is 0.0580 e. The molecule has 0 rings (SSSR count). The highest BCUT2D eigenvalue weighted by atomic mass is 16.3. The molecular weight excluding hydrogens is 208 g/mol. The molecule has 0 saturated heterocycles. The van der Waals surface area contributed by atoms with Crippen LogP contribution in [0.1, 0.15) is 60.3 Å². The van der Waals surface area contributed by atoms with E-state index in [1.165, 1.54) is 18.4 Å². The zero-order valence-electron chi connectivity index (χ0n) is 12.2. The van der Waals surface area contributed by atoms with Crippen molar-refractivity contribution in [1.82, 2.24) is 0 Å². The second-order valence-electron chi connectivity index (χ2n) is 5.08. The third-order valence-corrected chi connectivity index (χ3v) is 3.59. The lowest BCUT2D eigenvalue weighted by molar-refractivity contribution is 0.154. The average Bonchev–Trinajstić information content (AvgIpc) is 2.32. The zero-order chi connectivity index (χ0) is 13.3. The van der Waals surface area contributed by atoms with Gasteiger partial charge in [-0.1, -0.05) is 44.6 Å². The summed E-state index contributed by atoms with van der Waals surface area (Å²) in [6, 6.07) is 0. The minimum atomic E-state index is -0.203. The van der Waals surface area contributed by atoms with Crippen LogP contribution in [0, 0.1) is 11.8 Å². The third kappa shape index (κ3) is 7.38. The molecule has 0 heterocycles. The number of aliphatic hydroxyl groups is 1. The van der Waals surface area contributed by atoms with E-state index in [4.69, 9.17) is 0 Å². The molecule has 0 bridgehead atoms. The quantitative estimate of drug-likeness (QED) is 0.606. The van der Waals surface area contributed by atoms with Crippen LogP contribution >= 0.6 is 0 Å². The van der Waals surface area contributed by atoms with Gasteiger partial charge in [0.15, 0.2) is 0 Å². The minimum absolute atomic E-state index is 0.203. The lowest BCUT2D eigenvalue weighted by atomic mass is 9.90. The highest BCUT2D eigenvalue weighted by Crippen LogP contribution is 2.21. The highest BCUT2D eigenvalue weighted by Gasteiger charge is 2.11. The van der Waals surface area contributed by atoms with E-state index in [-0.39, 0.29) is 6.10 Å². The van der Waals surface area contributed by atoms with E-state index in [2.05, 4.69) is 33.8 Å². The summed E-state index contributed by atoms with van der Waals surface area (Å²) in [5.74, 6) is 1.18. The molecule has 0 spiro atoms. The Kier molecular flexibility index (Phi) is 9.16. The van der Waals surface area contributed by atoms with Crippen molar-refractivity contribution in [2.75, 3.05) is 0 Å². The van der Waals surface area contributed by atoms with Crippen molar-refractivity contribution < 1.29 is 5.11 Å². The standard InChI is InChI=1S/C16H30O/c1-6-9-10-16(17)12-14(5)13(4)11-15(7-2)8-3/h6,9,11,14-17H,7-8,10,12H2,1-5H3/b9-6-,13-11-/t14-,16-/m0/s1. The van der Waals surface area contributed by atoms with E-state index >= 15 is 0 Å². The van der Waals surface area contributed by atoms with Crippen molar-refractivity contribution in [1.29, 1.82) is 0 Å². The molecule has 0 aromatic heterocycles. The van der Waals surface area contributed by atoms with Gasteiger partial charge in [0, 0.05) is 0 Å². The van der Waals surface area contributed by atoms with Gasteiger partial charge in [-0.05, 0) is 51.4 Å². The summed E-state index contributed by atoms with van der Waals surface area (Å²) in [7, 11) is 0. The molecule has 100 valence electrons. The van der Waals surface area contributed by atoms with Crippen LogP contribution in [-0.4, -0.2) is 11.2 Å². The summed E-state index contributed by atoms with van der Waals surface area (Å²) in [4.78, 5) is 0. The van der Waals surface area contributed by atoms with E-state index in [9.17, 15) is 5.11 Å². The average molecular weight is 238 g/mol. The van der Waals surface area contributed by atoms with Crippen LogP contribution < -0.4 is 0 Å². The number of hydrogen-bond donors (Lipinski definition) is 1.